The van der Waals surface area contributed by atoms with Crippen LogP contribution in [0.4, 0.5) is 4.79 Å². The van der Waals surface area contributed by atoms with Crippen molar-refractivity contribution in [1.82, 2.24) is 25.1 Å². The van der Waals surface area contributed by atoms with Crippen molar-refractivity contribution >= 4 is 23.0 Å². The molecule has 0 unspecified atom stereocenters. The molecule has 3 aromatic rings. The first-order chi connectivity index (χ1) is 13.2. The Balaban J connectivity index is 1.58. The molecule has 2 heterocycles. The van der Waals surface area contributed by atoms with Crippen LogP contribution in [0.1, 0.15) is 33.3 Å². The molecule has 3 rings (SSSR count). The number of nitrogens with zero attached hydrogens (tertiary/aromatic N) is 3. The fourth-order valence-electron chi connectivity index (χ4n) is 2.80. The van der Waals surface area contributed by atoms with Gasteiger partial charge in [0.15, 0.2) is 5.76 Å². The van der Waals surface area contributed by atoms with E-state index >= 15 is 0 Å². The number of furan rings is 1. The summed E-state index contributed by atoms with van der Waals surface area (Å²) >= 11 is 0. The maximum Gasteiger partial charge on any atom is 0.317 e. The quantitative estimate of drug-likeness (QED) is 0.708. The van der Waals surface area contributed by atoms with Crippen molar-refractivity contribution in [2.45, 2.75) is 26.9 Å². The van der Waals surface area contributed by atoms with Crippen molar-refractivity contribution in [2.75, 3.05) is 21.1 Å². The first-order valence-electron chi connectivity index (χ1n) is 8.99. The van der Waals surface area contributed by atoms with Crippen LogP contribution in [-0.2, 0) is 13.1 Å². The number of imidazole rings is 1. The average molecular weight is 383 g/mol. The molecule has 0 radical (unpaired) electrons. The second-order valence-electron chi connectivity index (χ2n) is 7.12. The van der Waals surface area contributed by atoms with Crippen LogP contribution in [-0.4, -0.2) is 52.8 Å². The number of carbonyl (C=O) groups excluding carboxylic acids is 2. The summed E-state index contributed by atoms with van der Waals surface area (Å²) in [5.74, 6) is 1.26. The molecule has 0 atom stereocenters. The fourth-order valence-corrected chi connectivity index (χ4v) is 2.80. The summed E-state index contributed by atoms with van der Waals surface area (Å²) < 4.78 is 5.47. The van der Waals surface area contributed by atoms with E-state index < -0.39 is 0 Å². The van der Waals surface area contributed by atoms with Gasteiger partial charge >= 0.3 is 6.03 Å². The minimum absolute atomic E-state index is 0.197. The van der Waals surface area contributed by atoms with E-state index in [1.54, 1.807) is 33.3 Å². The van der Waals surface area contributed by atoms with E-state index in [-0.39, 0.29) is 24.2 Å². The van der Waals surface area contributed by atoms with Crippen LogP contribution in [0.2, 0.25) is 0 Å². The zero-order valence-corrected chi connectivity index (χ0v) is 16.8. The number of nitrogens with one attached hydrogen (secondary N) is 2. The predicted molar refractivity (Wildman–Crippen MR) is 106 cm³/mol. The number of aromatic amines is 1. The van der Waals surface area contributed by atoms with Crippen molar-refractivity contribution in [1.29, 1.82) is 0 Å². The number of rotatable bonds is 5. The topological polar surface area (TPSA) is 94.5 Å². The molecule has 1 aromatic carbocycles. The van der Waals surface area contributed by atoms with E-state index in [2.05, 4.69) is 35.2 Å². The Hall–Kier alpha value is -3.29. The van der Waals surface area contributed by atoms with Gasteiger partial charge in [-0.3, -0.25) is 4.79 Å². The largest absolute Gasteiger partial charge is 0.454 e. The number of urea groups is 1. The highest BCUT2D eigenvalue weighted by atomic mass is 16.4. The van der Waals surface area contributed by atoms with E-state index in [1.165, 1.54) is 20.9 Å². The van der Waals surface area contributed by atoms with Crippen LogP contribution in [0.3, 0.4) is 0 Å². The second kappa shape index (κ2) is 7.75. The predicted octanol–water partition coefficient (Wildman–Crippen LogP) is 2.82. The molecule has 0 fully saturated rings. The molecule has 28 heavy (non-hydrogen) atoms. The molecule has 0 aliphatic carbocycles. The van der Waals surface area contributed by atoms with Crippen LogP contribution in [0.5, 0.6) is 0 Å². The van der Waals surface area contributed by atoms with Gasteiger partial charge in [0.1, 0.15) is 11.6 Å². The third-order valence-corrected chi connectivity index (χ3v) is 4.57. The lowest BCUT2D eigenvalue weighted by Crippen LogP contribution is -2.36. The minimum Gasteiger partial charge on any atom is -0.454 e. The van der Waals surface area contributed by atoms with Crippen molar-refractivity contribution in [3.8, 4) is 0 Å². The smallest absolute Gasteiger partial charge is 0.317 e. The number of aromatic nitrogens is 2. The lowest BCUT2D eigenvalue weighted by Gasteiger charge is -2.16. The number of H-pyrrole nitrogens is 1. The van der Waals surface area contributed by atoms with Gasteiger partial charge in [0, 0.05) is 21.1 Å². The summed E-state index contributed by atoms with van der Waals surface area (Å²) in [5.41, 5.74) is 4.22. The van der Waals surface area contributed by atoms with Crippen LogP contribution < -0.4 is 5.32 Å². The Morgan fingerprint density at radius 3 is 2.57 bits per heavy atom. The number of amides is 3. The lowest BCUT2D eigenvalue weighted by molar-refractivity contribution is 0.0794. The molecule has 0 bridgehead atoms. The molecule has 8 heteroatoms. The fraction of sp³-hybridized carbons (Fsp3) is 0.350. The van der Waals surface area contributed by atoms with Crippen LogP contribution in [0, 0.1) is 13.8 Å². The monoisotopic (exact) mass is 383 g/mol. The number of carbonyl (C=O) groups is 2. The van der Waals surface area contributed by atoms with E-state index in [4.69, 9.17) is 4.42 Å². The van der Waals surface area contributed by atoms with Crippen LogP contribution in [0.15, 0.2) is 28.7 Å². The molecule has 148 valence electrons. The normalized spacial score (nSPS) is 10.9. The number of fused-ring (bicyclic) bond motifs is 1. The second-order valence-corrected chi connectivity index (χ2v) is 7.12. The lowest BCUT2D eigenvalue weighted by atomic mass is 10.1. The maximum absolute atomic E-state index is 12.3. The first-order valence-corrected chi connectivity index (χ1v) is 8.99. The highest BCUT2D eigenvalue weighted by Gasteiger charge is 2.15. The van der Waals surface area contributed by atoms with Crippen LogP contribution in [0.25, 0.3) is 11.0 Å². The van der Waals surface area contributed by atoms with Crippen molar-refractivity contribution in [3.63, 3.8) is 0 Å². The SMILES string of the molecule is Cc1cc2nc(CN(C)C(=O)NCc3ccc(C(=O)N(C)C)o3)[nH]c2cc1C. The molecule has 3 amide bonds. The van der Waals surface area contributed by atoms with Gasteiger partial charge in [-0.15, -0.1) is 0 Å². The van der Waals surface area contributed by atoms with E-state index in [0.717, 1.165) is 16.9 Å². The highest BCUT2D eigenvalue weighted by Crippen LogP contribution is 2.18. The van der Waals surface area contributed by atoms with Crippen LogP contribution >= 0.6 is 0 Å². The summed E-state index contributed by atoms with van der Waals surface area (Å²) in [6, 6.07) is 7.12. The molecule has 0 saturated carbocycles. The summed E-state index contributed by atoms with van der Waals surface area (Å²) in [6.45, 7) is 4.65. The van der Waals surface area contributed by atoms with E-state index in [0.29, 0.717) is 12.3 Å². The van der Waals surface area contributed by atoms with Gasteiger partial charge in [0.25, 0.3) is 5.91 Å². The Labute approximate surface area is 163 Å². The number of aryl methyl sites for hydroxylation is 2. The highest BCUT2D eigenvalue weighted by molar-refractivity contribution is 5.91. The number of hydrogen-bond acceptors (Lipinski definition) is 4. The molecule has 0 saturated heterocycles. The Bertz CT molecular complexity index is 979. The van der Waals surface area contributed by atoms with Gasteiger partial charge in [0.05, 0.1) is 24.1 Å². The Kier molecular flexibility index (Phi) is 5.39. The van der Waals surface area contributed by atoms with Crippen molar-refractivity contribution in [2.24, 2.45) is 0 Å². The molecule has 8 nitrogen and oxygen atoms in total. The Morgan fingerprint density at radius 1 is 1.14 bits per heavy atom. The Morgan fingerprint density at radius 2 is 1.86 bits per heavy atom. The van der Waals surface area contributed by atoms with Crippen molar-refractivity contribution in [3.05, 3.63) is 52.7 Å². The van der Waals surface area contributed by atoms with Gasteiger partial charge in [0.2, 0.25) is 0 Å². The standard InChI is InChI=1S/C20H25N5O3/c1-12-8-15-16(9-13(12)2)23-18(22-15)11-25(5)20(27)21-10-14-6-7-17(28-14)19(26)24(3)4/h6-9H,10-11H2,1-5H3,(H,21,27)(H,22,23). The molecule has 0 spiro atoms. The third kappa shape index (κ3) is 4.16. The van der Waals surface area contributed by atoms with Gasteiger partial charge in [-0.2, -0.15) is 0 Å². The van der Waals surface area contributed by atoms with Gasteiger partial charge in [-0.1, -0.05) is 0 Å². The van der Waals surface area contributed by atoms with Gasteiger partial charge < -0.3 is 24.5 Å². The molecule has 2 N–H and O–H groups in total. The van der Waals surface area contributed by atoms with Gasteiger partial charge in [-0.25, -0.2) is 9.78 Å². The average Bonchev–Trinajstić information content (AvgIpc) is 3.25. The molecule has 0 aliphatic rings. The maximum atomic E-state index is 12.3. The molecular weight excluding hydrogens is 358 g/mol. The number of benzene rings is 1. The summed E-state index contributed by atoms with van der Waals surface area (Å²) in [6.07, 6.45) is 0. The van der Waals surface area contributed by atoms with Crippen molar-refractivity contribution < 1.29 is 14.0 Å². The first kappa shape index (κ1) is 19.5. The molecule has 2 aromatic heterocycles. The van der Waals surface area contributed by atoms with Gasteiger partial charge in [-0.05, 0) is 49.2 Å². The molecular formula is C20H25N5O3. The van der Waals surface area contributed by atoms with E-state index in [9.17, 15) is 9.59 Å². The zero-order chi connectivity index (χ0) is 20.4. The molecule has 0 aliphatic heterocycles. The minimum atomic E-state index is -0.260. The third-order valence-electron chi connectivity index (χ3n) is 4.57. The summed E-state index contributed by atoms with van der Waals surface area (Å²) in [7, 11) is 5.01. The van der Waals surface area contributed by atoms with E-state index in [1.807, 2.05) is 6.07 Å². The summed E-state index contributed by atoms with van der Waals surface area (Å²) in [5, 5.41) is 2.78. The summed E-state index contributed by atoms with van der Waals surface area (Å²) in [4.78, 5) is 35.0. The zero-order valence-electron chi connectivity index (χ0n) is 16.8. The number of hydrogen-bond donors (Lipinski definition) is 2.